The molecule has 0 aliphatic carbocycles. The maximum atomic E-state index is 12.9. The molecule has 0 saturated carbocycles. The summed E-state index contributed by atoms with van der Waals surface area (Å²) in [5.41, 5.74) is 3.68. The fraction of sp³-hybridized carbons (Fsp3) is 0.273. The first kappa shape index (κ1) is 18.9. The lowest BCUT2D eigenvalue weighted by Crippen LogP contribution is -2.48. The van der Waals surface area contributed by atoms with Crippen molar-refractivity contribution in [2.75, 3.05) is 38.2 Å². The standard InChI is InChI=1S/C22H24N4O3/c1-15-3-8-18(21(27)13-15)19-14-20(24-23-19)22(28)26-11-9-25(10-12-26)16-4-6-17(29-2)7-5-16/h3-8,13-14,27H,9-12H2,1-2H3,(H,23,24). The van der Waals surface area contributed by atoms with Crippen molar-refractivity contribution in [2.45, 2.75) is 6.92 Å². The molecule has 2 heterocycles. The second kappa shape index (κ2) is 7.87. The SMILES string of the molecule is COc1ccc(N2CCN(C(=O)c3cc(-c4ccc(C)cc4O)n[nH]3)CC2)cc1. The Labute approximate surface area is 169 Å². The lowest BCUT2D eigenvalue weighted by atomic mass is 10.1. The topological polar surface area (TPSA) is 81.7 Å². The highest BCUT2D eigenvalue weighted by atomic mass is 16.5. The Bertz CT molecular complexity index is 1010. The van der Waals surface area contributed by atoms with Gasteiger partial charge in [0.1, 0.15) is 17.2 Å². The highest BCUT2D eigenvalue weighted by Crippen LogP contribution is 2.29. The molecule has 7 heteroatoms. The largest absolute Gasteiger partial charge is 0.507 e. The number of aromatic nitrogens is 2. The van der Waals surface area contributed by atoms with Crippen LogP contribution in [0.1, 0.15) is 16.1 Å². The molecule has 1 amide bonds. The van der Waals surface area contributed by atoms with Crippen LogP contribution in [0.4, 0.5) is 5.69 Å². The molecule has 7 nitrogen and oxygen atoms in total. The first-order chi connectivity index (χ1) is 14.0. The first-order valence-electron chi connectivity index (χ1n) is 9.59. The molecular weight excluding hydrogens is 368 g/mol. The average molecular weight is 392 g/mol. The van der Waals surface area contributed by atoms with Gasteiger partial charge in [-0.2, -0.15) is 5.10 Å². The number of nitrogens with zero attached hydrogens (tertiary/aromatic N) is 3. The molecule has 150 valence electrons. The molecule has 2 aromatic carbocycles. The van der Waals surface area contributed by atoms with Crippen LogP contribution in [0, 0.1) is 6.92 Å². The van der Waals surface area contributed by atoms with Crippen LogP contribution in [0.3, 0.4) is 0 Å². The molecule has 1 aliphatic heterocycles. The molecule has 3 aromatic rings. The Balaban J connectivity index is 1.41. The smallest absolute Gasteiger partial charge is 0.272 e. The number of ether oxygens (including phenoxy) is 1. The molecule has 0 atom stereocenters. The normalized spacial score (nSPS) is 14.1. The van der Waals surface area contributed by atoms with Gasteiger partial charge in [0.05, 0.1) is 12.8 Å². The van der Waals surface area contributed by atoms with Gasteiger partial charge in [0.15, 0.2) is 0 Å². The van der Waals surface area contributed by atoms with E-state index >= 15 is 0 Å². The lowest BCUT2D eigenvalue weighted by Gasteiger charge is -2.35. The zero-order valence-electron chi connectivity index (χ0n) is 16.6. The van der Waals surface area contributed by atoms with Crippen molar-refractivity contribution in [1.29, 1.82) is 0 Å². The van der Waals surface area contributed by atoms with E-state index in [1.807, 2.05) is 48.2 Å². The number of hydrogen-bond acceptors (Lipinski definition) is 5. The molecule has 4 rings (SSSR count). The van der Waals surface area contributed by atoms with Crippen molar-refractivity contribution in [2.24, 2.45) is 0 Å². The summed E-state index contributed by atoms with van der Waals surface area (Å²) in [6.45, 7) is 4.70. The second-order valence-corrected chi connectivity index (χ2v) is 7.16. The number of piperazine rings is 1. The lowest BCUT2D eigenvalue weighted by molar-refractivity contribution is 0.0741. The molecule has 1 saturated heterocycles. The van der Waals surface area contributed by atoms with Crippen LogP contribution >= 0.6 is 0 Å². The summed E-state index contributed by atoms with van der Waals surface area (Å²) >= 11 is 0. The number of rotatable bonds is 4. The van der Waals surface area contributed by atoms with Gasteiger partial charge >= 0.3 is 0 Å². The maximum absolute atomic E-state index is 12.9. The summed E-state index contributed by atoms with van der Waals surface area (Å²) in [6.07, 6.45) is 0. The van der Waals surface area contributed by atoms with Gasteiger partial charge in [-0.05, 0) is 55.0 Å². The van der Waals surface area contributed by atoms with Gasteiger partial charge in [0.25, 0.3) is 5.91 Å². The van der Waals surface area contributed by atoms with E-state index in [0.29, 0.717) is 30.0 Å². The highest BCUT2D eigenvalue weighted by Gasteiger charge is 2.24. The van der Waals surface area contributed by atoms with Crippen LogP contribution in [0.5, 0.6) is 11.5 Å². The quantitative estimate of drug-likeness (QED) is 0.713. The minimum Gasteiger partial charge on any atom is -0.507 e. The number of aryl methyl sites for hydroxylation is 1. The van der Waals surface area contributed by atoms with Gasteiger partial charge in [-0.1, -0.05) is 6.07 Å². The van der Waals surface area contributed by atoms with Gasteiger partial charge in [0, 0.05) is 37.4 Å². The monoisotopic (exact) mass is 392 g/mol. The number of phenolic OH excluding ortho intramolecular Hbond substituents is 1. The summed E-state index contributed by atoms with van der Waals surface area (Å²) in [6, 6.07) is 15.1. The summed E-state index contributed by atoms with van der Waals surface area (Å²) in [5.74, 6) is 0.908. The van der Waals surface area contributed by atoms with E-state index in [9.17, 15) is 9.90 Å². The van der Waals surface area contributed by atoms with Crippen molar-refractivity contribution in [3.05, 3.63) is 59.8 Å². The molecule has 29 heavy (non-hydrogen) atoms. The number of phenols is 1. The third kappa shape index (κ3) is 3.89. The molecule has 0 bridgehead atoms. The molecule has 2 N–H and O–H groups in total. The van der Waals surface area contributed by atoms with E-state index in [0.717, 1.165) is 30.1 Å². The van der Waals surface area contributed by atoms with E-state index in [1.54, 1.807) is 19.2 Å². The molecule has 0 spiro atoms. The van der Waals surface area contributed by atoms with E-state index in [2.05, 4.69) is 15.1 Å². The zero-order chi connectivity index (χ0) is 20.4. The Morgan fingerprint density at radius 1 is 1.07 bits per heavy atom. The minimum atomic E-state index is -0.0790. The number of methoxy groups -OCH3 is 1. The van der Waals surface area contributed by atoms with E-state index in [-0.39, 0.29) is 11.7 Å². The van der Waals surface area contributed by atoms with Crippen LogP contribution in [0.15, 0.2) is 48.5 Å². The van der Waals surface area contributed by atoms with Crippen molar-refractivity contribution in [3.63, 3.8) is 0 Å². The van der Waals surface area contributed by atoms with Crippen molar-refractivity contribution in [3.8, 4) is 22.8 Å². The van der Waals surface area contributed by atoms with Crippen molar-refractivity contribution < 1.29 is 14.6 Å². The minimum absolute atomic E-state index is 0.0790. The van der Waals surface area contributed by atoms with Crippen LogP contribution in [-0.4, -0.2) is 59.4 Å². The number of H-pyrrole nitrogens is 1. The van der Waals surface area contributed by atoms with Crippen LogP contribution in [-0.2, 0) is 0 Å². The zero-order valence-corrected chi connectivity index (χ0v) is 16.6. The fourth-order valence-corrected chi connectivity index (χ4v) is 3.56. The Kier molecular flexibility index (Phi) is 5.12. The predicted molar refractivity (Wildman–Crippen MR) is 112 cm³/mol. The number of benzene rings is 2. The first-order valence-corrected chi connectivity index (χ1v) is 9.59. The Morgan fingerprint density at radius 3 is 2.45 bits per heavy atom. The molecule has 1 fully saturated rings. The molecule has 0 radical (unpaired) electrons. The number of amides is 1. The maximum Gasteiger partial charge on any atom is 0.272 e. The number of nitrogens with one attached hydrogen (secondary N) is 1. The van der Waals surface area contributed by atoms with Crippen molar-refractivity contribution in [1.82, 2.24) is 15.1 Å². The van der Waals surface area contributed by atoms with E-state index in [1.165, 1.54) is 0 Å². The second-order valence-electron chi connectivity index (χ2n) is 7.16. The molecule has 0 unspecified atom stereocenters. The summed E-state index contributed by atoms with van der Waals surface area (Å²) in [4.78, 5) is 16.9. The van der Waals surface area contributed by atoms with Gasteiger partial charge in [-0.15, -0.1) is 0 Å². The number of anilines is 1. The number of carbonyl (C=O) groups excluding carboxylic acids is 1. The fourth-order valence-electron chi connectivity index (χ4n) is 3.56. The van der Waals surface area contributed by atoms with Gasteiger partial charge < -0.3 is 19.6 Å². The van der Waals surface area contributed by atoms with E-state index in [4.69, 9.17) is 4.74 Å². The molecule has 1 aliphatic rings. The summed E-state index contributed by atoms with van der Waals surface area (Å²) in [5, 5.41) is 17.2. The van der Waals surface area contributed by atoms with Gasteiger partial charge in [-0.25, -0.2) is 0 Å². The van der Waals surface area contributed by atoms with Gasteiger partial charge in [0.2, 0.25) is 0 Å². The Morgan fingerprint density at radius 2 is 1.79 bits per heavy atom. The van der Waals surface area contributed by atoms with Crippen LogP contribution in [0.2, 0.25) is 0 Å². The Hall–Kier alpha value is -3.48. The summed E-state index contributed by atoms with van der Waals surface area (Å²) in [7, 11) is 1.65. The van der Waals surface area contributed by atoms with Crippen LogP contribution < -0.4 is 9.64 Å². The predicted octanol–water partition coefficient (Wildman–Crippen LogP) is 3.06. The third-order valence-corrected chi connectivity index (χ3v) is 5.24. The van der Waals surface area contributed by atoms with E-state index < -0.39 is 0 Å². The van der Waals surface area contributed by atoms with Crippen LogP contribution in [0.25, 0.3) is 11.3 Å². The highest BCUT2D eigenvalue weighted by molar-refractivity contribution is 5.93. The number of hydrogen-bond donors (Lipinski definition) is 2. The average Bonchev–Trinajstić information content (AvgIpc) is 3.23. The molecular formula is C22H24N4O3. The number of carbonyl (C=O) groups is 1. The number of aromatic amines is 1. The third-order valence-electron chi connectivity index (χ3n) is 5.24. The van der Waals surface area contributed by atoms with Crippen molar-refractivity contribution >= 4 is 11.6 Å². The summed E-state index contributed by atoms with van der Waals surface area (Å²) < 4.78 is 5.20. The van der Waals surface area contributed by atoms with Gasteiger partial charge in [-0.3, -0.25) is 9.89 Å². The molecule has 1 aromatic heterocycles. The number of aromatic hydroxyl groups is 1.